The lowest BCUT2D eigenvalue weighted by Gasteiger charge is -2.22. The van der Waals surface area contributed by atoms with Gasteiger partial charge in [0.05, 0.1) is 0 Å². The minimum atomic E-state index is -0.985. The number of ether oxygens (including phenoxy) is 2. The van der Waals surface area contributed by atoms with Gasteiger partial charge in [-0.1, -0.05) is 26.0 Å². The van der Waals surface area contributed by atoms with E-state index in [-0.39, 0.29) is 19.3 Å². The van der Waals surface area contributed by atoms with E-state index in [1.165, 1.54) is 6.07 Å². The lowest BCUT2D eigenvalue weighted by Crippen LogP contribution is -2.49. The summed E-state index contributed by atoms with van der Waals surface area (Å²) in [5.74, 6) is -2.48. The predicted molar refractivity (Wildman–Crippen MR) is 96.9 cm³/mol. The number of hydrogen-bond donors (Lipinski definition) is 2. The molecule has 0 saturated heterocycles. The van der Waals surface area contributed by atoms with Gasteiger partial charge in [-0.2, -0.15) is 0 Å². The van der Waals surface area contributed by atoms with Gasteiger partial charge in [0.1, 0.15) is 23.2 Å². The molecule has 0 saturated carbocycles. The SMILES string of the molecule is CC(C)[C@H](NC(=O)c1c(F)cccc1F)C(=O)NCc1ccc2c(c1)OCO2. The Bertz CT molecular complexity index is 882. The zero-order chi connectivity index (χ0) is 20.3. The molecule has 1 heterocycles. The van der Waals surface area contributed by atoms with Gasteiger partial charge in [0.25, 0.3) is 5.91 Å². The highest BCUT2D eigenvalue weighted by Gasteiger charge is 2.27. The van der Waals surface area contributed by atoms with Crippen LogP contribution in [0.4, 0.5) is 8.78 Å². The van der Waals surface area contributed by atoms with Gasteiger partial charge >= 0.3 is 0 Å². The molecule has 0 aromatic heterocycles. The standard InChI is InChI=1S/C20H20F2N2O4/c1-11(2)18(24-19(25)17-13(21)4-3-5-14(17)22)20(26)23-9-12-6-7-15-16(8-12)28-10-27-15/h3-8,11,18H,9-10H2,1-2H3,(H,23,26)(H,24,25)/t18-/m0/s1. The van der Waals surface area contributed by atoms with Crippen LogP contribution in [0.1, 0.15) is 29.8 Å². The fourth-order valence-electron chi connectivity index (χ4n) is 2.81. The van der Waals surface area contributed by atoms with Crippen molar-refractivity contribution in [3.8, 4) is 11.5 Å². The molecule has 1 atom stereocenters. The Hall–Kier alpha value is -3.16. The van der Waals surface area contributed by atoms with E-state index in [2.05, 4.69) is 10.6 Å². The number of amides is 2. The van der Waals surface area contributed by atoms with Crippen LogP contribution in [0.25, 0.3) is 0 Å². The summed E-state index contributed by atoms with van der Waals surface area (Å²) >= 11 is 0. The maximum atomic E-state index is 13.8. The van der Waals surface area contributed by atoms with Crippen molar-refractivity contribution in [2.75, 3.05) is 6.79 Å². The summed E-state index contributed by atoms with van der Waals surface area (Å²) < 4.78 is 38.1. The topological polar surface area (TPSA) is 76.7 Å². The first-order chi connectivity index (χ1) is 13.4. The van der Waals surface area contributed by atoms with Crippen molar-refractivity contribution in [1.29, 1.82) is 0 Å². The first kappa shape index (κ1) is 19.6. The molecule has 6 nitrogen and oxygen atoms in total. The van der Waals surface area contributed by atoms with Gasteiger partial charge in [0.15, 0.2) is 11.5 Å². The molecular weight excluding hydrogens is 370 g/mol. The van der Waals surface area contributed by atoms with Crippen molar-refractivity contribution in [3.05, 3.63) is 59.2 Å². The van der Waals surface area contributed by atoms with Crippen molar-refractivity contribution < 1.29 is 27.8 Å². The van der Waals surface area contributed by atoms with Gasteiger partial charge in [0, 0.05) is 6.54 Å². The molecular formula is C20H20F2N2O4. The van der Waals surface area contributed by atoms with Crippen LogP contribution < -0.4 is 20.1 Å². The minimum Gasteiger partial charge on any atom is -0.454 e. The Labute approximate surface area is 160 Å². The molecule has 0 aliphatic carbocycles. The van der Waals surface area contributed by atoms with Crippen LogP contribution in [0.2, 0.25) is 0 Å². The quantitative estimate of drug-likeness (QED) is 0.795. The van der Waals surface area contributed by atoms with E-state index in [9.17, 15) is 18.4 Å². The van der Waals surface area contributed by atoms with Gasteiger partial charge in [-0.15, -0.1) is 0 Å². The maximum Gasteiger partial charge on any atom is 0.257 e. The second kappa shape index (κ2) is 8.24. The molecule has 1 aliphatic heterocycles. The van der Waals surface area contributed by atoms with Crippen molar-refractivity contribution >= 4 is 11.8 Å². The van der Waals surface area contributed by atoms with E-state index < -0.39 is 35.1 Å². The molecule has 2 aromatic rings. The number of benzene rings is 2. The monoisotopic (exact) mass is 390 g/mol. The lowest BCUT2D eigenvalue weighted by atomic mass is 10.0. The fraction of sp³-hybridized carbons (Fsp3) is 0.300. The molecule has 1 aliphatic rings. The van der Waals surface area contributed by atoms with Crippen LogP contribution in [-0.2, 0) is 11.3 Å². The van der Waals surface area contributed by atoms with E-state index in [0.717, 1.165) is 17.7 Å². The van der Waals surface area contributed by atoms with E-state index in [1.54, 1.807) is 32.0 Å². The Morgan fingerprint density at radius 1 is 1.07 bits per heavy atom. The number of halogens is 2. The number of hydrogen-bond acceptors (Lipinski definition) is 4. The lowest BCUT2D eigenvalue weighted by molar-refractivity contribution is -0.124. The largest absolute Gasteiger partial charge is 0.454 e. The number of carbonyl (C=O) groups excluding carboxylic acids is 2. The van der Waals surface area contributed by atoms with Gasteiger partial charge in [-0.05, 0) is 35.7 Å². The van der Waals surface area contributed by atoms with Crippen LogP contribution in [0.3, 0.4) is 0 Å². The average Bonchev–Trinajstić information content (AvgIpc) is 3.11. The molecule has 2 N–H and O–H groups in total. The third-order valence-electron chi connectivity index (χ3n) is 4.33. The molecule has 8 heteroatoms. The second-order valence-corrected chi connectivity index (χ2v) is 6.70. The Morgan fingerprint density at radius 3 is 2.43 bits per heavy atom. The minimum absolute atomic E-state index is 0.152. The highest BCUT2D eigenvalue weighted by molar-refractivity contribution is 5.98. The fourth-order valence-corrected chi connectivity index (χ4v) is 2.81. The summed E-state index contributed by atoms with van der Waals surface area (Å²) in [7, 11) is 0. The molecule has 0 fully saturated rings. The Kier molecular flexibility index (Phi) is 5.77. The molecule has 0 bridgehead atoms. The van der Waals surface area contributed by atoms with Crippen LogP contribution in [-0.4, -0.2) is 24.6 Å². The van der Waals surface area contributed by atoms with Crippen molar-refractivity contribution in [2.24, 2.45) is 5.92 Å². The highest BCUT2D eigenvalue weighted by atomic mass is 19.1. The molecule has 0 unspecified atom stereocenters. The number of carbonyl (C=O) groups is 2. The van der Waals surface area contributed by atoms with Crippen LogP contribution in [0, 0.1) is 17.6 Å². The van der Waals surface area contributed by atoms with Crippen LogP contribution in [0.5, 0.6) is 11.5 Å². The van der Waals surface area contributed by atoms with E-state index in [0.29, 0.717) is 11.5 Å². The summed E-state index contributed by atoms with van der Waals surface area (Å²) in [6, 6.07) is 7.46. The molecule has 148 valence electrons. The van der Waals surface area contributed by atoms with Crippen LogP contribution >= 0.6 is 0 Å². The highest BCUT2D eigenvalue weighted by Crippen LogP contribution is 2.32. The van der Waals surface area contributed by atoms with E-state index in [4.69, 9.17) is 9.47 Å². The van der Waals surface area contributed by atoms with Gasteiger partial charge in [-0.3, -0.25) is 9.59 Å². The molecule has 0 radical (unpaired) electrons. The first-order valence-electron chi connectivity index (χ1n) is 8.78. The maximum absolute atomic E-state index is 13.8. The number of nitrogens with one attached hydrogen (secondary N) is 2. The van der Waals surface area contributed by atoms with Gasteiger partial charge < -0.3 is 20.1 Å². The summed E-state index contributed by atoms with van der Waals surface area (Å²) in [4.78, 5) is 24.9. The normalized spacial score (nSPS) is 13.3. The van der Waals surface area contributed by atoms with E-state index in [1.807, 2.05) is 0 Å². The van der Waals surface area contributed by atoms with Gasteiger partial charge in [-0.25, -0.2) is 8.78 Å². The smallest absolute Gasteiger partial charge is 0.257 e. The number of fused-ring (bicyclic) bond motifs is 1. The van der Waals surface area contributed by atoms with Gasteiger partial charge in [0.2, 0.25) is 12.7 Å². The van der Waals surface area contributed by atoms with Crippen molar-refractivity contribution in [3.63, 3.8) is 0 Å². The Balaban J connectivity index is 1.66. The van der Waals surface area contributed by atoms with Crippen molar-refractivity contribution in [1.82, 2.24) is 10.6 Å². The molecule has 2 amide bonds. The predicted octanol–water partition coefficient (Wildman–Crippen LogP) is 2.76. The molecule has 0 spiro atoms. The molecule has 28 heavy (non-hydrogen) atoms. The van der Waals surface area contributed by atoms with Crippen LogP contribution in [0.15, 0.2) is 36.4 Å². The summed E-state index contributed by atoms with van der Waals surface area (Å²) in [6.45, 7) is 3.80. The van der Waals surface area contributed by atoms with E-state index >= 15 is 0 Å². The first-order valence-corrected chi connectivity index (χ1v) is 8.78. The molecule has 3 rings (SSSR count). The third kappa shape index (κ3) is 4.21. The summed E-state index contributed by atoms with van der Waals surface area (Å²) in [6.07, 6.45) is 0. The van der Waals surface area contributed by atoms with Crippen molar-refractivity contribution in [2.45, 2.75) is 26.4 Å². The molecule has 2 aromatic carbocycles. The number of rotatable bonds is 6. The second-order valence-electron chi connectivity index (χ2n) is 6.70. The third-order valence-corrected chi connectivity index (χ3v) is 4.33. The Morgan fingerprint density at radius 2 is 1.75 bits per heavy atom. The average molecular weight is 390 g/mol. The summed E-state index contributed by atoms with van der Waals surface area (Å²) in [5, 5.41) is 5.14. The summed E-state index contributed by atoms with van der Waals surface area (Å²) in [5.41, 5.74) is 0.0725. The zero-order valence-corrected chi connectivity index (χ0v) is 15.4. The zero-order valence-electron chi connectivity index (χ0n) is 15.4.